The summed E-state index contributed by atoms with van der Waals surface area (Å²) in [5.74, 6) is -4.12. The fourth-order valence-corrected chi connectivity index (χ4v) is 0.701. The average Bonchev–Trinajstić information content (AvgIpc) is 2.67. The number of hydrogen-bond acceptors (Lipinski definition) is 5. The molecule has 15 heteroatoms. The van der Waals surface area contributed by atoms with Crippen molar-refractivity contribution in [3.05, 3.63) is 25.1 Å². The Morgan fingerprint density at radius 1 is 1.00 bits per heavy atom. The second-order valence-electron chi connectivity index (χ2n) is 3.55. The quantitative estimate of drug-likeness (QED) is 0.303. The normalized spacial score (nSPS) is 9.82. The van der Waals surface area contributed by atoms with Gasteiger partial charge < -0.3 is 9.47 Å². The Morgan fingerprint density at radius 2 is 1.46 bits per heavy atom. The summed E-state index contributed by atoms with van der Waals surface area (Å²) in [7, 11) is 0.500. The van der Waals surface area contributed by atoms with Gasteiger partial charge in [-0.1, -0.05) is 13.2 Å². The smallest absolute Gasteiger partial charge is 0.394 e. The van der Waals surface area contributed by atoms with Crippen molar-refractivity contribution in [3.63, 3.8) is 0 Å². The predicted octanol–water partition coefficient (Wildman–Crippen LogP) is 4.30. The summed E-state index contributed by atoms with van der Waals surface area (Å²) in [6, 6.07) is 0. The van der Waals surface area contributed by atoms with Crippen molar-refractivity contribution in [2.45, 2.75) is 12.2 Å². The van der Waals surface area contributed by atoms with Gasteiger partial charge in [0.25, 0.3) is 0 Å². The van der Waals surface area contributed by atoms with Crippen molar-refractivity contribution in [2.75, 3.05) is 33.7 Å². The van der Waals surface area contributed by atoms with Gasteiger partial charge in [0.1, 0.15) is 13.3 Å². The van der Waals surface area contributed by atoms with Gasteiger partial charge in [0.05, 0.1) is 7.18 Å². The predicted molar refractivity (Wildman–Crippen MR) is 74.5 cm³/mol. The lowest BCUT2D eigenvalue weighted by molar-refractivity contribution is -0.384. The molecule has 0 saturated heterocycles. The molecule has 0 aromatic carbocycles. The van der Waals surface area contributed by atoms with Crippen molar-refractivity contribution in [2.24, 2.45) is 0 Å². The molecule has 28 heavy (non-hydrogen) atoms. The molecular formula is C13H16F10O5. The Kier molecular flexibility index (Phi) is 23.1. The number of ether oxygens (including phenoxy) is 3. The SMILES string of the molecule is C=C(F)C(=O)OCC(F)(F)OC(F)(F)CF.C=CC(=O)OCCF.CF.FF. The minimum Gasteiger partial charge on any atom is -0.460 e. The first-order valence-corrected chi connectivity index (χ1v) is 6.31. The van der Waals surface area contributed by atoms with E-state index in [-0.39, 0.29) is 6.61 Å². The minimum absolute atomic E-state index is 0.176. The van der Waals surface area contributed by atoms with Gasteiger partial charge in [0.15, 0.2) is 13.3 Å². The van der Waals surface area contributed by atoms with Crippen molar-refractivity contribution in [1.82, 2.24) is 0 Å². The fraction of sp³-hybridized carbons (Fsp3) is 0.538. The molecule has 0 heterocycles. The highest BCUT2D eigenvalue weighted by Gasteiger charge is 2.45. The Bertz CT molecular complexity index is 445. The van der Waals surface area contributed by atoms with Gasteiger partial charge in [-0.05, 0) is 0 Å². The molecule has 0 N–H and O–H groups in total. The van der Waals surface area contributed by atoms with E-state index in [0.29, 0.717) is 7.18 Å². The third kappa shape index (κ3) is 23.7. The summed E-state index contributed by atoms with van der Waals surface area (Å²) in [5.41, 5.74) is 0. The third-order valence-electron chi connectivity index (χ3n) is 1.54. The molecule has 0 aliphatic carbocycles. The van der Waals surface area contributed by atoms with Crippen LogP contribution in [0.15, 0.2) is 25.1 Å². The topological polar surface area (TPSA) is 61.8 Å². The van der Waals surface area contributed by atoms with Crippen LogP contribution in [0.3, 0.4) is 0 Å². The molecule has 0 aromatic heterocycles. The minimum atomic E-state index is -4.72. The van der Waals surface area contributed by atoms with Gasteiger partial charge in [-0.3, -0.25) is 9.13 Å². The zero-order chi connectivity index (χ0) is 23.4. The molecule has 0 unspecified atom stereocenters. The molecule has 0 saturated carbocycles. The zero-order valence-corrected chi connectivity index (χ0v) is 14.1. The molecule has 0 aliphatic heterocycles. The van der Waals surface area contributed by atoms with Gasteiger partial charge in [0, 0.05) is 15.2 Å². The zero-order valence-electron chi connectivity index (χ0n) is 14.1. The van der Waals surface area contributed by atoms with Crippen LogP contribution in [0.25, 0.3) is 0 Å². The molecule has 168 valence electrons. The van der Waals surface area contributed by atoms with Crippen molar-refractivity contribution in [3.8, 4) is 0 Å². The monoisotopic (exact) mass is 442 g/mol. The van der Waals surface area contributed by atoms with E-state index in [0.717, 1.165) is 6.08 Å². The number of carbonyl (C=O) groups is 2. The number of rotatable bonds is 9. The van der Waals surface area contributed by atoms with E-state index >= 15 is 0 Å². The molecule has 0 amide bonds. The van der Waals surface area contributed by atoms with Gasteiger partial charge >= 0.3 is 24.2 Å². The Hall–Kier alpha value is -2.32. The summed E-state index contributed by atoms with van der Waals surface area (Å²) < 4.78 is 119. The summed E-state index contributed by atoms with van der Waals surface area (Å²) in [6.45, 7) is 0.251. The van der Waals surface area contributed by atoms with Crippen LogP contribution in [0.5, 0.6) is 0 Å². The maximum Gasteiger partial charge on any atom is 0.394 e. The van der Waals surface area contributed by atoms with Crippen LogP contribution in [0.4, 0.5) is 44.3 Å². The first-order valence-electron chi connectivity index (χ1n) is 6.31. The highest BCUT2D eigenvalue weighted by atomic mass is 20.0. The lowest BCUT2D eigenvalue weighted by atomic mass is 10.6. The molecule has 0 atom stereocenters. The molecule has 0 aromatic rings. The highest BCUT2D eigenvalue weighted by molar-refractivity contribution is 5.85. The van der Waals surface area contributed by atoms with Crippen LogP contribution in [0, 0.1) is 0 Å². The maximum atomic E-state index is 12.4. The number of carbonyl (C=O) groups excluding carboxylic acids is 2. The second-order valence-corrected chi connectivity index (χ2v) is 3.55. The van der Waals surface area contributed by atoms with Gasteiger partial charge in [-0.25, -0.2) is 18.4 Å². The van der Waals surface area contributed by atoms with Crippen LogP contribution in [-0.2, 0) is 23.8 Å². The molecule has 0 fully saturated rings. The largest absolute Gasteiger partial charge is 0.460 e. The summed E-state index contributed by atoms with van der Waals surface area (Å²) >= 11 is 0. The molecule has 0 bridgehead atoms. The molecule has 0 spiro atoms. The fourth-order valence-electron chi connectivity index (χ4n) is 0.701. The van der Waals surface area contributed by atoms with Crippen molar-refractivity contribution in [1.29, 1.82) is 0 Å². The lowest BCUT2D eigenvalue weighted by Gasteiger charge is -2.21. The summed E-state index contributed by atoms with van der Waals surface area (Å²) in [4.78, 5) is 20.3. The Morgan fingerprint density at radius 3 is 1.79 bits per heavy atom. The Labute approximate surface area is 152 Å². The van der Waals surface area contributed by atoms with E-state index in [9.17, 15) is 44.7 Å². The van der Waals surface area contributed by atoms with Crippen LogP contribution >= 0.6 is 0 Å². The molecule has 0 radical (unpaired) electrons. The second kappa shape index (κ2) is 19.4. The van der Waals surface area contributed by atoms with Crippen molar-refractivity contribution >= 4 is 11.9 Å². The van der Waals surface area contributed by atoms with Crippen LogP contribution in [-0.4, -0.2) is 57.9 Å². The molecule has 5 nitrogen and oxygen atoms in total. The van der Waals surface area contributed by atoms with Gasteiger partial charge in [-0.2, -0.15) is 22.0 Å². The van der Waals surface area contributed by atoms with Crippen LogP contribution in [0.1, 0.15) is 0 Å². The van der Waals surface area contributed by atoms with Gasteiger partial charge in [0.2, 0.25) is 5.83 Å². The molecule has 0 aliphatic rings. The molecule has 0 rings (SSSR count). The van der Waals surface area contributed by atoms with Crippen LogP contribution in [0.2, 0.25) is 0 Å². The van der Waals surface area contributed by atoms with Gasteiger partial charge in [-0.15, -0.1) is 0 Å². The van der Waals surface area contributed by atoms with Crippen LogP contribution < -0.4 is 0 Å². The van der Waals surface area contributed by atoms with E-state index in [2.05, 4.69) is 27.4 Å². The highest BCUT2D eigenvalue weighted by Crippen LogP contribution is 2.27. The van der Waals surface area contributed by atoms with E-state index in [1.165, 1.54) is 0 Å². The first kappa shape index (κ1) is 33.3. The van der Waals surface area contributed by atoms with E-state index in [1.807, 2.05) is 0 Å². The Balaban J connectivity index is -0.000000201. The van der Waals surface area contributed by atoms with E-state index in [4.69, 9.17) is 9.15 Å². The van der Waals surface area contributed by atoms with Crippen molar-refractivity contribution < 1.29 is 68.1 Å². The first-order chi connectivity index (χ1) is 12.9. The number of hydrogen-bond donors (Lipinski definition) is 0. The average molecular weight is 442 g/mol. The summed E-state index contributed by atoms with van der Waals surface area (Å²) in [5, 5.41) is 0. The third-order valence-corrected chi connectivity index (χ3v) is 1.54. The summed E-state index contributed by atoms with van der Waals surface area (Å²) in [6.07, 6.45) is -8.36. The van der Waals surface area contributed by atoms with E-state index in [1.54, 1.807) is 0 Å². The standard InChI is InChI=1S/C7H6F6O3.C5H7FO2.CH3F.F2/c1-4(9)5(14)15-3-7(12,13)16-6(10,11)2-8;1-2-5(7)8-4-3-6;2*1-2/h1-3H2;2H,1,3-4H2;1H3;. The maximum absolute atomic E-state index is 12.4. The van der Waals surface area contributed by atoms with E-state index < -0.39 is 49.9 Å². The molecular weight excluding hydrogens is 426 g/mol. The number of alkyl halides is 7. The lowest BCUT2D eigenvalue weighted by Crippen LogP contribution is -2.38. The number of halogens is 10. The number of esters is 2.